The molecule has 0 aliphatic carbocycles. The smallest absolute Gasteiger partial charge is 0.220 e. The van der Waals surface area contributed by atoms with Gasteiger partial charge in [-0.25, -0.2) is 0 Å². The Hall–Kier alpha value is -2.16. The van der Waals surface area contributed by atoms with Crippen molar-refractivity contribution in [2.45, 2.75) is 37.9 Å². The number of aromatic nitrogens is 2. The number of carbonyl (C=O) groups is 1. The summed E-state index contributed by atoms with van der Waals surface area (Å²) in [6.45, 7) is 1.25. The van der Waals surface area contributed by atoms with Gasteiger partial charge in [-0.05, 0) is 6.07 Å². The molecule has 1 amide bonds. The van der Waals surface area contributed by atoms with Crippen LogP contribution in [0.3, 0.4) is 0 Å². The summed E-state index contributed by atoms with van der Waals surface area (Å²) in [5.41, 5.74) is -0.369. The average molecular weight is 259 g/mol. The minimum absolute atomic E-state index is 0.0181. The number of carbonyl (C=O) groups excluding carboxylic acids is 1. The van der Waals surface area contributed by atoms with Crippen molar-refractivity contribution < 1.29 is 4.79 Å². The molecular formula is C13H17N5O. The van der Waals surface area contributed by atoms with Crippen LogP contribution in [0.4, 0.5) is 0 Å². The summed E-state index contributed by atoms with van der Waals surface area (Å²) in [6, 6.07) is 1.85. The van der Waals surface area contributed by atoms with Crippen LogP contribution in [0.25, 0.3) is 0 Å². The van der Waals surface area contributed by atoms with Gasteiger partial charge in [0.15, 0.2) is 5.66 Å². The first kappa shape index (κ1) is 13.3. The molecule has 0 bridgehead atoms. The first-order chi connectivity index (χ1) is 9.24. The fourth-order valence-electron chi connectivity index (χ4n) is 1.81. The minimum atomic E-state index is -0.369. The molecule has 0 saturated heterocycles. The highest BCUT2D eigenvalue weighted by Crippen LogP contribution is 2.37. The van der Waals surface area contributed by atoms with Gasteiger partial charge in [-0.1, -0.05) is 0 Å². The Morgan fingerprint density at radius 2 is 2.26 bits per heavy atom. The zero-order valence-corrected chi connectivity index (χ0v) is 10.7. The number of amides is 1. The molecule has 0 aromatic carbocycles. The van der Waals surface area contributed by atoms with E-state index in [1.807, 2.05) is 12.3 Å². The van der Waals surface area contributed by atoms with Crippen LogP contribution in [0.5, 0.6) is 0 Å². The van der Waals surface area contributed by atoms with Crippen molar-refractivity contribution in [2.24, 2.45) is 10.2 Å². The van der Waals surface area contributed by atoms with Crippen molar-refractivity contribution >= 4 is 5.91 Å². The predicted octanol–water partition coefficient (Wildman–Crippen LogP) is 1.35. The Balaban J connectivity index is 1.59. The molecule has 0 unspecified atom stereocenters. The molecule has 1 N–H and O–H groups in total. The third-order valence-electron chi connectivity index (χ3n) is 3.03. The van der Waals surface area contributed by atoms with Gasteiger partial charge < -0.3 is 5.32 Å². The lowest BCUT2D eigenvalue weighted by molar-refractivity contribution is -0.121. The largest absolute Gasteiger partial charge is 0.354 e. The van der Waals surface area contributed by atoms with Gasteiger partial charge in [-0.2, -0.15) is 15.3 Å². The van der Waals surface area contributed by atoms with Crippen molar-refractivity contribution in [2.75, 3.05) is 6.54 Å². The summed E-state index contributed by atoms with van der Waals surface area (Å²) in [5.74, 6) is 2.59. The SMILES string of the molecule is C#CCCC1(CCC(=O)NCCn2cccn2)N=N1. The van der Waals surface area contributed by atoms with Crippen LogP contribution in [-0.2, 0) is 11.3 Å². The van der Waals surface area contributed by atoms with Gasteiger partial charge in [0.05, 0.1) is 6.54 Å². The highest BCUT2D eigenvalue weighted by molar-refractivity contribution is 5.75. The van der Waals surface area contributed by atoms with Crippen LogP contribution in [0.1, 0.15) is 25.7 Å². The summed E-state index contributed by atoms with van der Waals surface area (Å²) in [4.78, 5) is 11.7. The normalized spacial score (nSPS) is 14.9. The molecule has 6 heteroatoms. The van der Waals surface area contributed by atoms with Crippen LogP contribution in [0.2, 0.25) is 0 Å². The zero-order valence-electron chi connectivity index (χ0n) is 10.7. The van der Waals surface area contributed by atoms with E-state index in [-0.39, 0.29) is 11.6 Å². The van der Waals surface area contributed by atoms with Crippen molar-refractivity contribution in [3.63, 3.8) is 0 Å². The molecule has 19 heavy (non-hydrogen) atoms. The fraction of sp³-hybridized carbons (Fsp3) is 0.538. The second kappa shape index (κ2) is 6.14. The molecule has 2 rings (SSSR count). The molecule has 1 aromatic rings. The van der Waals surface area contributed by atoms with E-state index in [0.29, 0.717) is 32.4 Å². The first-order valence-corrected chi connectivity index (χ1v) is 6.36. The second-order valence-corrected chi connectivity index (χ2v) is 4.51. The number of rotatable bonds is 8. The van der Waals surface area contributed by atoms with Crippen molar-refractivity contribution in [3.05, 3.63) is 18.5 Å². The maximum atomic E-state index is 11.7. The number of terminal acetylenes is 1. The van der Waals surface area contributed by atoms with Crippen molar-refractivity contribution in [1.82, 2.24) is 15.1 Å². The Labute approximate surface area is 112 Å². The van der Waals surface area contributed by atoms with E-state index in [2.05, 4.69) is 26.6 Å². The lowest BCUT2D eigenvalue weighted by atomic mass is 10.0. The number of nitrogens with one attached hydrogen (secondary N) is 1. The zero-order chi connectivity index (χ0) is 13.6. The standard InChI is InChI=1S/C13H17N5O/c1-2-3-6-13(16-17-13)7-5-12(19)14-9-11-18-10-4-8-15-18/h1,4,8,10H,3,5-7,9,11H2,(H,14,19). The third-order valence-corrected chi connectivity index (χ3v) is 3.03. The van der Waals surface area contributed by atoms with E-state index >= 15 is 0 Å². The highest BCUT2D eigenvalue weighted by atomic mass is 16.1. The Morgan fingerprint density at radius 3 is 2.89 bits per heavy atom. The molecule has 1 aromatic heterocycles. The molecule has 1 aliphatic rings. The van der Waals surface area contributed by atoms with E-state index in [4.69, 9.17) is 6.42 Å². The van der Waals surface area contributed by atoms with E-state index in [1.165, 1.54) is 0 Å². The molecule has 6 nitrogen and oxygen atoms in total. The van der Waals surface area contributed by atoms with Crippen LogP contribution in [0, 0.1) is 12.3 Å². The number of hydrogen-bond acceptors (Lipinski definition) is 4. The molecule has 2 heterocycles. The lowest BCUT2D eigenvalue weighted by Gasteiger charge is -2.09. The first-order valence-electron chi connectivity index (χ1n) is 6.36. The molecule has 0 radical (unpaired) electrons. The molecular weight excluding hydrogens is 242 g/mol. The Bertz CT molecular complexity index is 480. The van der Waals surface area contributed by atoms with Crippen LogP contribution < -0.4 is 5.32 Å². The van der Waals surface area contributed by atoms with E-state index in [1.54, 1.807) is 10.9 Å². The number of nitrogens with zero attached hydrogens (tertiary/aromatic N) is 4. The Kier molecular flexibility index (Phi) is 4.29. The van der Waals surface area contributed by atoms with Gasteiger partial charge in [-0.15, -0.1) is 12.3 Å². The maximum absolute atomic E-state index is 11.7. The third kappa shape index (κ3) is 4.21. The van der Waals surface area contributed by atoms with E-state index in [9.17, 15) is 4.79 Å². The number of hydrogen-bond donors (Lipinski definition) is 1. The Morgan fingerprint density at radius 1 is 1.42 bits per heavy atom. The molecule has 0 saturated carbocycles. The topological polar surface area (TPSA) is 71.6 Å². The fourth-order valence-corrected chi connectivity index (χ4v) is 1.81. The van der Waals surface area contributed by atoms with Crippen molar-refractivity contribution in [1.29, 1.82) is 0 Å². The minimum Gasteiger partial charge on any atom is -0.354 e. The molecule has 0 atom stereocenters. The predicted molar refractivity (Wildman–Crippen MR) is 70.1 cm³/mol. The maximum Gasteiger partial charge on any atom is 0.220 e. The lowest BCUT2D eigenvalue weighted by Crippen LogP contribution is -2.28. The molecule has 1 aliphatic heterocycles. The highest BCUT2D eigenvalue weighted by Gasteiger charge is 2.39. The van der Waals surface area contributed by atoms with Crippen LogP contribution >= 0.6 is 0 Å². The van der Waals surface area contributed by atoms with Gasteiger partial charge in [0, 0.05) is 44.6 Å². The monoisotopic (exact) mass is 259 g/mol. The summed E-state index contributed by atoms with van der Waals surface area (Å²) < 4.78 is 1.78. The van der Waals surface area contributed by atoms with Gasteiger partial charge in [0.2, 0.25) is 5.91 Å². The summed E-state index contributed by atoms with van der Waals surface area (Å²) in [7, 11) is 0. The molecule has 100 valence electrons. The second-order valence-electron chi connectivity index (χ2n) is 4.51. The van der Waals surface area contributed by atoms with Gasteiger partial charge in [-0.3, -0.25) is 9.48 Å². The quantitative estimate of drug-likeness (QED) is 0.716. The summed E-state index contributed by atoms with van der Waals surface area (Å²) in [6.07, 6.45) is 11.2. The van der Waals surface area contributed by atoms with Gasteiger partial charge in [0.1, 0.15) is 0 Å². The molecule has 0 spiro atoms. The van der Waals surface area contributed by atoms with Gasteiger partial charge >= 0.3 is 0 Å². The van der Waals surface area contributed by atoms with E-state index < -0.39 is 0 Å². The molecule has 0 fully saturated rings. The van der Waals surface area contributed by atoms with Crippen LogP contribution in [0.15, 0.2) is 28.7 Å². The van der Waals surface area contributed by atoms with Crippen molar-refractivity contribution in [3.8, 4) is 12.3 Å². The van der Waals surface area contributed by atoms with E-state index in [0.717, 1.165) is 6.42 Å². The summed E-state index contributed by atoms with van der Waals surface area (Å²) in [5, 5.41) is 14.9. The van der Waals surface area contributed by atoms with Gasteiger partial charge in [0.25, 0.3) is 0 Å². The summed E-state index contributed by atoms with van der Waals surface area (Å²) >= 11 is 0. The van der Waals surface area contributed by atoms with Crippen LogP contribution in [-0.4, -0.2) is 27.9 Å². The average Bonchev–Trinajstić information content (AvgIpc) is 3.00.